The third-order valence-electron chi connectivity index (χ3n) is 3.98. The van der Waals surface area contributed by atoms with E-state index >= 15 is 0 Å². The summed E-state index contributed by atoms with van der Waals surface area (Å²) < 4.78 is 0. The third-order valence-corrected chi connectivity index (χ3v) is 4.68. The summed E-state index contributed by atoms with van der Waals surface area (Å²) in [7, 11) is 0. The minimum absolute atomic E-state index is 0.111. The zero-order valence-electron chi connectivity index (χ0n) is 10.7. The van der Waals surface area contributed by atoms with Crippen LogP contribution in [-0.2, 0) is 16.1 Å². The molecule has 0 unspecified atom stereocenters. The van der Waals surface area contributed by atoms with Crippen LogP contribution in [-0.4, -0.2) is 16.7 Å². The molecule has 0 radical (unpaired) electrons. The van der Waals surface area contributed by atoms with Gasteiger partial charge in [0.15, 0.2) is 0 Å². The Bertz CT molecular complexity index is 566. The first kappa shape index (κ1) is 13.7. The SMILES string of the molecule is O=C1[C@H]2CC=CC[C@@H]2C(=O)N1Cc1c(Cl)cccc1Cl. The average Bonchev–Trinajstić information content (AvgIpc) is 2.68. The molecular formula is C15H13Cl2NO2. The fraction of sp³-hybridized carbons (Fsp3) is 0.333. The molecule has 1 fully saturated rings. The number of allylic oxidation sites excluding steroid dienone is 2. The van der Waals surface area contributed by atoms with Crippen molar-refractivity contribution in [3.63, 3.8) is 0 Å². The zero-order valence-corrected chi connectivity index (χ0v) is 12.2. The van der Waals surface area contributed by atoms with Gasteiger partial charge in [-0.2, -0.15) is 0 Å². The Labute approximate surface area is 127 Å². The number of amides is 2. The summed E-state index contributed by atoms with van der Waals surface area (Å²) >= 11 is 12.2. The number of carbonyl (C=O) groups excluding carboxylic acids is 2. The molecule has 0 bridgehead atoms. The van der Waals surface area contributed by atoms with E-state index in [1.807, 2.05) is 12.2 Å². The van der Waals surface area contributed by atoms with E-state index in [4.69, 9.17) is 23.2 Å². The second-order valence-electron chi connectivity index (χ2n) is 5.12. The maximum atomic E-state index is 12.4. The van der Waals surface area contributed by atoms with Crippen LogP contribution in [0.5, 0.6) is 0 Å². The zero-order chi connectivity index (χ0) is 14.3. The minimum atomic E-state index is -0.214. The standard InChI is InChI=1S/C15H13Cl2NO2/c16-12-6-3-7-13(17)11(12)8-18-14(19)9-4-1-2-5-10(9)15(18)20/h1-3,6-7,9-10H,4-5,8H2/t9-,10-/m0/s1. The van der Waals surface area contributed by atoms with Gasteiger partial charge in [0.1, 0.15) is 0 Å². The van der Waals surface area contributed by atoms with Gasteiger partial charge in [0.25, 0.3) is 0 Å². The van der Waals surface area contributed by atoms with Crippen molar-refractivity contribution in [3.8, 4) is 0 Å². The Balaban J connectivity index is 1.88. The number of fused-ring (bicyclic) bond motifs is 1. The Morgan fingerprint density at radius 2 is 1.50 bits per heavy atom. The fourth-order valence-corrected chi connectivity index (χ4v) is 3.38. The number of likely N-dealkylation sites (tertiary alicyclic amines) is 1. The molecule has 3 rings (SSSR count). The second kappa shape index (κ2) is 5.23. The number of benzene rings is 1. The van der Waals surface area contributed by atoms with Crippen LogP contribution in [0.4, 0.5) is 0 Å². The van der Waals surface area contributed by atoms with Gasteiger partial charge < -0.3 is 0 Å². The summed E-state index contributed by atoms with van der Waals surface area (Å²) in [6, 6.07) is 5.16. The lowest BCUT2D eigenvalue weighted by atomic mass is 9.85. The molecule has 0 N–H and O–H groups in total. The first-order chi connectivity index (χ1) is 9.59. The number of halogens is 2. The largest absolute Gasteiger partial charge is 0.277 e. The van der Waals surface area contributed by atoms with Crippen LogP contribution in [0.15, 0.2) is 30.4 Å². The van der Waals surface area contributed by atoms with Crippen LogP contribution in [0.25, 0.3) is 0 Å². The van der Waals surface area contributed by atoms with Crippen molar-refractivity contribution in [2.75, 3.05) is 0 Å². The molecule has 0 spiro atoms. The molecule has 2 aliphatic rings. The predicted octanol–water partition coefficient (Wildman–Crippen LogP) is 3.44. The quantitative estimate of drug-likeness (QED) is 0.620. The number of carbonyl (C=O) groups is 2. The van der Waals surface area contributed by atoms with Gasteiger partial charge in [-0.15, -0.1) is 0 Å². The molecule has 0 saturated carbocycles. The number of hydrogen-bond donors (Lipinski definition) is 0. The Morgan fingerprint density at radius 1 is 1.00 bits per heavy atom. The van der Waals surface area contributed by atoms with Crippen molar-refractivity contribution in [1.29, 1.82) is 0 Å². The molecule has 1 heterocycles. The molecule has 1 saturated heterocycles. The average molecular weight is 310 g/mol. The summed E-state index contributed by atoms with van der Waals surface area (Å²) in [4.78, 5) is 26.0. The van der Waals surface area contributed by atoms with Crippen molar-refractivity contribution < 1.29 is 9.59 Å². The van der Waals surface area contributed by atoms with Crippen molar-refractivity contribution in [1.82, 2.24) is 4.90 Å². The highest BCUT2D eigenvalue weighted by atomic mass is 35.5. The molecule has 1 aromatic carbocycles. The van der Waals surface area contributed by atoms with Crippen molar-refractivity contribution in [3.05, 3.63) is 46.0 Å². The number of hydrogen-bond acceptors (Lipinski definition) is 2. The Morgan fingerprint density at radius 3 is 2.00 bits per heavy atom. The van der Waals surface area contributed by atoms with E-state index in [0.717, 1.165) is 0 Å². The van der Waals surface area contributed by atoms with Crippen molar-refractivity contribution >= 4 is 35.0 Å². The number of rotatable bonds is 2. The van der Waals surface area contributed by atoms with E-state index in [0.29, 0.717) is 28.5 Å². The highest BCUT2D eigenvalue weighted by Crippen LogP contribution is 2.37. The Kier molecular flexibility index (Phi) is 3.57. The lowest BCUT2D eigenvalue weighted by molar-refractivity contribution is -0.140. The third kappa shape index (κ3) is 2.15. The van der Waals surface area contributed by atoms with E-state index in [1.165, 1.54) is 4.90 Å². The van der Waals surface area contributed by atoms with Crippen LogP contribution >= 0.6 is 23.2 Å². The normalized spacial score (nSPS) is 25.2. The van der Waals surface area contributed by atoms with Gasteiger partial charge >= 0.3 is 0 Å². The lowest BCUT2D eigenvalue weighted by Crippen LogP contribution is -2.30. The maximum absolute atomic E-state index is 12.4. The van der Waals surface area contributed by atoms with E-state index in [2.05, 4.69) is 0 Å². The van der Waals surface area contributed by atoms with E-state index in [1.54, 1.807) is 18.2 Å². The van der Waals surface area contributed by atoms with Crippen molar-refractivity contribution in [2.45, 2.75) is 19.4 Å². The van der Waals surface area contributed by atoms with Crippen LogP contribution in [0.1, 0.15) is 18.4 Å². The van der Waals surface area contributed by atoms with Gasteiger partial charge in [-0.05, 0) is 25.0 Å². The lowest BCUT2D eigenvalue weighted by Gasteiger charge is -2.16. The van der Waals surface area contributed by atoms with Crippen LogP contribution in [0.3, 0.4) is 0 Å². The first-order valence-corrected chi connectivity index (χ1v) is 7.28. The summed E-state index contributed by atoms with van der Waals surface area (Å²) in [5, 5.41) is 0.956. The molecule has 1 aliphatic carbocycles. The van der Waals surface area contributed by atoms with E-state index < -0.39 is 0 Å². The van der Waals surface area contributed by atoms with Gasteiger partial charge in [-0.3, -0.25) is 14.5 Å². The highest BCUT2D eigenvalue weighted by molar-refractivity contribution is 6.36. The number of nitrogens with zero attached hydrogens (tertiary/aromatic N) is 1. The van der Waals surface area contributed by atoms with Crippen LogP contribution < -0.4 is 0 Å². The van der Waals surface area contributed by atoms with Gasteiger partial charge in [0.2, 0.25) is 11.8 Å². The van der Waals surface area contributed by atoms with Crippen LogP contribution in [0, 0.1) is 11.8 Å². The van der Waals surface area contributed by atoms with Gasteiger partial charge in [-0.1, -0.05) is 41.4 Å². The summed E-state index contributed by atoms with van der Waals surface area (Å²) in [6.45, 7) is 0.156. The Hall–Kier alpha value is -1.32. The summed E-state index contributed by atoms with van der Waals surface area (Å²) in [6.07, 6.45) is 5.22. The van der Waals surface area contributed by atoms with Gasteiger partial charge in [0.05, 0.1) is 18.4 Å². The molecule has 104 valence electrons. The summed E-state index contributed by atoms with van der Waals surface area (Å²) in [5.74, 6) is -0.650. The molecule has 2 amide bonds. The van der Waals surface area contributed by atoms with Crippen molar-refractivity contribution in [2.24, 2.45) is 11.8 Å². The molecule has 1 aromatic rings. The van der Waals surface area contributed by atoms with Gasteiger partial charge in [-0.25, -0.2) is 0 Å². The first-order valence-electron chi connectivity index (χ1n) is 6.52. The second-order valence-corrected chi connectivity index (χ2v) is 5.93. The predicted molar refractivity (Wildman–Crippen MR) is 77.4 cm³/mol. The van der Waals surface area contributed by atoms with E-state index in [9.17, 15) is 9.59 Å². The molecule has 5 heteroatoms. The fourth-order valence-electron chi connectivity index (χ4n) is 2.87. The maximum Gasteiger partial charge on any atom is 0.233 e. The van der Waals surface area contributed by atoms with Gasteiger partial charge in [0, 0.05) is 15.6 Å². The molecule has 20 heavy (non-hydrogen) atoms. The molecular weight excluding hydrogens is 297 g/mol. The monoisotopic (exact) mass is 309 g/mol. The van der Waals surface area contributed by atoms with E-state index in [-0.39, 0.29) is 30.2 Å². The molecule has 2 atom stereocenters. The smallest absolute Gasteiger partial charge is 0.233 e. The highest BCUT2D eigenvalue weighted by Gasteiger charge is 2.47. The molecule has 0 aromatic heterocycles. The molecule has 3 nitrogen and oxygen atoms in total. The van der Waals surface area contributed by atoms with Crippen LogP contribution in [0.2, 0.25) is 10.0 Å². The topological polar surface area (TPSA) is 37.4 Å². The molecule has 1 aliphatic heterocycles. The number of imide groups is 1. The summed E-state index contributed by atoms with van der Waals surface area (Å²) in [5.41, 5.74) is 0.629. The minimum Gasteiger partial charge on any atom is -0.277 e.